The Morgan fingerprint density at radius 1 is 0.921 bits per heavy atom. The molecule has 0 spiro atoms. The second kappa shape index (κ2) is 11.4. The molecule has 1 heterocycles. The third-order valence-corrected chi connectivity index (χ3v) is 9.04. The Balaban J connectivity index is 1.18. The lowest BCUT2D eigenvalue weighted by Gasteiger charge is -2.42. The van der Waals surface area contributed by atoms with Crippen molar-refractivity contribution in [2.24, 2.45) is 17.8 Å². The Kier molecular flexibility index (Phi) is 8.13. The van der Waals surface area contributed by atoms with Crippen LogP contribution in [0.5, 0.6) is 0 Å². The van der Waals surface area contributed by atoms with Crippen LogP contribution < -0.4 is 5.32 Å². The molecule has 0 radical (unpaired) electrons. The minimum Gasteiger partial charge on any atom is -0.365 e. The summed E-state index contributed by atoms with van der Waals surface area (Å²) in [5.41, 5.74) is 0.0742. The minimum absolute atomic E-state index is 0.0530. The molecule has 0 bridgehead atoms. The SMILES string of the molecule is O=C(NCc1cccc(C(F)(F)F)c1)C1(C2CC2)CCC(C2CCCCC(c3ccc(F)cc3)CC2)CO1. The first kappa shape index (κ1) is 27.2. The first-order valence-electron chi connectivity index (χ1n) is 14.1. The zero-order chi connectivity index (χ0) is 26.8. The molecule has 206 valence electrons. The molecule has 3 nitrogen and oxygen atoms in total. The van der Waals surface area contributed by atoms with Crippen LogP contribution in [0.2, 0.25) is 0 Å². The number of carbonyl (C=O) groups is 1. The largest absolute Gasteiger partial charge is 0.416 e. The Morgan fingerprint density at radius 2 is 1.68 bits per heavy atom. The summed E-state index contributed by atoms with van der Waals surface area (Å²) in [7, 11) is 0. The molecule has 2 aliphatic carbocycles. The van der Waals surface area contributed by atoms with Gasteiger partial charge in [0.15, 0.2) is 0 Å². The van der Waals surface area contributed by atoms with Crippen molar-refractivity contribution in [3.8, 4) is 0 Å². The standard InChI is InChI=1S/C31H37F4NO2/c32-28-14-10-24(11-15-28)22-5-1-2-6-23(9-8-22)25-16-17-30(38-20-25,26-12-13-26)29(37)36-19-21-4-3-7-27(18-21)31(33,34)35/h3-4,7,10-11,14-15,18,22-23,25-26H,1-2,5-6,8-9,12-13,16-17,19-20H2,(H,36,37). The lowest BCUT2D eigenvalue weighted by Crippen LogP contribution is -2.54. The van der Waals surface area contributed by atoms with Gasteiger partial charge in [0.1, 0.15) is 11.4 Å². The van der Waals surface area contributed by atoms with E-state index in [2.05, 4.69) is 5.32 Å². The van der Waals surface area contributed by atoms with E-state index in [1.807, 2.05) is 12.1 Å². The summed E-state index contributed by atoms with van der Waals surface area (Å²) in [6.45, 7) is 0.608. The van der Waals surface area contributed by atoms with Gasteiger partial charge >= 0.3 is 6.18 Å². The average molecular weight is 532 g/mol. The normalized spacial score (nSPS) is 28.8. The first-order chi connectivity index (χ1) is 18.2. The van der Waals surface area contributed by atoms with Gasteiger partial charge in [-0.2, -0.15) is 13.2 Å². The molecule has 38 heavy (non-hydrogen) atoms. The van der Waals surface area contributed by atoms with Crippen LogP contribution in [0.25, 0.3) is 0 Å². The molecule has 1 aliphatic heterocycles. The summed E-state index contributed by atoms with van der Waals surface area (Å²) in [6, 6.07) is 12.1. The molecule has 2 saturated carbocycles. The van der Waals surface area contributed by atoms with Gasteiger partial charge in [-0.15, -0.1) is 0 Å². The highest BCUT2D eigenvalue weighted by molar-refractivity contribution is 5.86. The van der Waals surface area contributed by atoms with E-state index in [9.17, 15) is 22.4 Å². The molecule has 4 atom stereocenters. The van der Waals surface area contributed by atoms with Gasteiger partial charge in [0.25, 0.3) is 5.91 Å². The van der Waals surface area contributed by atoms with Gasteiger partial charge < -0.3 is 10.1 Å². The molecule has 7 heteroatoms. The van der Waals surface area contributed by atoms with Gasteiger partial charge in [0.2, 0.25) is 0 Å². The second-order valence-corrected chi connectivity index (χ2v) is 11.5. The van der Waals surface area contributed by atoms with E-state index in [4.69, 9.17) is 4.74 Å². The number of amides is 1. The number of hydrogen-bond donors (Lipinski definition) is 1. The molecule has 1 N–H and O–H groups in total. The summed E-state index contributed by atoms with van der Waals surface area (Å²) >= 11 is 0. The Morgan fingerprint density at radius 3 is 2.37 bits per heavy atom. The zero-order valence-corrected chi connectivity index (χ0v) is 21.7. The monoisotopic (exact) mass is 531 g/mol. The number of hydrogen-bond acceptors (Lipinski definition) is 2. The highest BCUT2D eigenvalue weighted by atomic mass is 19.4. The van der Waals surface area contributed by atoms with E-state index < -0.39 is 17.3 Å². The predicted octanol–water partition coefficient (Wildman–Crippen LogP) is 7.79. The van der Waals surface area contributed by atoms with Gasteiger partial charge in [0, 0.05) is 6.54 Å². The van der Waals surface area contributed by atoms with Crippen molar-refractivity contribution in [1.82, 2.24) is 5.32 Å². The van der Waals surface area contributed by atoms with Crippen LogP contribution in [0.3, 0.4) is 0 Å². The smallest absolute Gasteiger partial charge is 0.365 e. The van der Waals surface area contributed by atoms with Gasteiger partial charge in [0.05, 0.1) is 12.2 Å². The van der Waals surface area contributed by atoms with Crippen molar-refractivity contribution in [1.29, 1.82) is 0 Å². The van der Waals surface area contributed by atoms with Crippen molar-refractivity contribution in [3.05, 3.63) is 71.0 Å². The van der Waals surface area contributed by atoms with Crippen molar-refractivity contribution in [3.63, 3.8) is 0 Å². The predicted molar refractivity (Wildman–Crippen MR) is 138 cm³/mol. The van der Waals surface area contributed by atoms with Crippen molar-refractivity contribution < 1.29 is 27.1 Å². The molecular formula is C31H37F4NO2. The third-order valence-electron chi connectivity index (χ3n) is 9.04. The lowest BCUT2D eigenvalue weighted by molar-refractivity contribution is -0.166. The maximum absolute atomic E-state index is 13.4. The van der Waals surface area contributed by atoms with Crippen molar-refractivity contribution in [2.45, 2.75) is 88.4 Å². The number of rotatable bonds is 6. The van der Waals surface area contributed by atoms with E-state index in [1.165, 1.54) is 24.5 Å². The van der Waals surface area contributed by atoms with Crippen LogP contribution in [0, 0.1) is 23.6 Å². The highest BCUT2D eigenvalue weighted by Crippen LogP contribution is 2.49. The van der Waals surface area contributed by atoms with E-state index in [1.54, 1.807) is 18.2 Å². The number of benzene rings is 2. The minimum atomic E-state index is -4.41. The first-order valence-corrected chi connectivity index (χ1v) is 14.1. The molecular weight excluding hydrogens is 494 g/mol. The Hall–Kier alpha value is -2.41. The van der Waals surface area contributed by atoms with Crippen molar-refractivity contribution in [2.75, 3.05) is 6.61 Å². The number of ether oxygens (including phenoxy) is 1. The summed E-state index contributed by atoms with van der Waals surface area (Å²) in [5, 5.41) is 2.89. The average Bonchev–Trinajstić information content (AvgIpc) is 3.74. The third kappa shape index (κ3) is 6.24. The second-order valence-electron chi connectivity index (χ2n) is 11.5. The molecule has 3 fully saturated rings. The molecule has 1 saturated heterocycles. The zero-order valence-electron chi connectivity index (χ0n) is 21.7. The molecule has 2 aromatic rings. The fourth-order valence-corrected chi connectivity index (χ4v) is 6.65. The Labute approximate surface area is 222 Å². The van der Waals surface area contributed by atoms with E-state index in [-0.39, 0.29) is 24.2 Å². The Bertz CT molecular complexity index is 1090. The van der Waals surface area contributed by atoms with Gasteiger partial charge in [-0.25, -0.2) is 4.39 Å². The van der Waals surface area contributed by atoms with E-state index in [0.717, 1.165) is 57.1 Å². The summed E-state index contributed by atoms with van der Waals surface area (Å²) in [6.07, 6.45) is 5.90. The van der Waals surface area contributed by atoms with Crippen LogP contribution >= 0.6 is 0 Å². The fourth-order valence-electron chi connectivity index (χ4n) is 6.65. The molecule has 1 amide bonds. The van der Waals surface area contributed by atoms with Gasteiger partial charge in [-0.05, 0) is 104 Å². The van der Waals surface area contributed by atoms with Gasteiger partial charge in [-0.1, -0.05) is 43.5 Å². The highest BCUT2D eigenvalue weighted by Gasteiger charge is 2.54. The topological polar surface area (TPSA) is 38.3 Å². The summed E-state index contributed by atoms with van der Waals surface area (Å²) in [4.78, 5) is 13.4. The maximum atomic E-state index is 13.4. The molecule has 4 unspecified atom stereocenters. The van der Waals surface area contributed by atoms with E-state index >= 15 is 0 Å². The van der Waals surface area contributed by atoms with Crippen LogP contribution in [-0.2, 0) is 22.3 Å². The van der Waals surface area contributed by atoms with Crippen molar-refractivity contribution >= 4 is 5.91 Å². The van der Waals surface area contributed by atoms with E-state index in [0.29, 0.717) is 36.3 Å². The maximum Gasteiger partial charge on any atom is 0.416 e. The number of carbonyl (C=O) groups excluding carboxylic acids is 1. The quantitative estimate of drug-likeness (QED) is 0.387. The lowest BCUT2D eigenvalue weighted by atomic mass is 9.73. The molecule has 3 aliphatic rings. The number of halogens is 4. The summed E-state index contributed by atoms with van der Waals surface area (Å²) < 4.78 is 59.1. The van der Waals surface area contributed by atoms with Gasteiger partial charge in [-0.3, -0.25) is 4.79 Å². The molecule has 0 aromatic heterocycles. The fraction of sp³-hybridized carbons (Fsp3) is 0.581. The van der Waals surface area contributed by atoms with Crippen LogP contribution in [0.1, 0.15) is 86.8 Å². The molecule has 2 aromatic carbocycles. The number of alkyl halides is 3. The van der Waals surface area contributed by atoms with Crippen LogP contribution in [-0.4, -0.2) is 18.1 Å². The molecule has 5 rings (SSSR count). The van der Waals surface area contributed by atoms with Crippen LogP contribution in [0.15, 0.2) is 48.5 Å². The summed E-state index contributed by atoms with van der Waals surface area (Å²) in [5.74, 6) is 1.20. The number of nitrogens with one attached hydrogen (secondary N) is 1. The van der Waals surface area contributed by atoms with Crippen LogP contribution in [0.4, 0.5) is 17.6 Å².